The molecule has 0 bridgehead atoms. The largest absolute Gasteiger partial charge is 0.325 e. The number of aromatic nitrogens is 2. The van der Waals surface area contributed by atoms with Gasteiger partial charge in [0.25, 0.3) is 5.56 Å². The topological polar surface area (TPSA) is 64.0 Å². The Kier molecular flexibility index (Phi) is 6.83. The molecule has 0 spiro atoms. The van der Waals surface area contributed by atoms with Crippen molar-refractivity contribution in [2.75, 3.05) is 11.1 Å². The van der Waals surface area contributed by atoms with Crippen LogP contribution >= 0.6 is 23.5 Å². The number of benzene rings is 2. The van der Waals surface area contributed by atoms with Crippen LogP contribution in [0.2, 0.25) is 0 Å². The number of nitrogens with one attached hydrogen (secondary N) is 1. The smallest absolute Gasteiger partial charge is 0.268 e. The molecule has 2 heterocycles. The van der Waals surface area contributed by atoms with E-state index in [1.807, 2.05) is 49.4 Å². The van der Waals surface area contributed by atoms with E-state index in [0.29, 0.717) is 17.0 Å². The number of nitrogens with zero attached hydrogens (tertiary/aromatic N) is 2. The van der Waals surface area contributed by atoms with E-state index in [-0.39, 0.29) is 17.2 Å². The number of hydrogen-bond acceptors (Lipinski definition) is 5. The van der Waals surface area contributed by atoms with Crippen molar-refractivity contribution in [2.45, 2.75) is 48.5 Å². The molecule has 2 aromatic carbocycles. The number of amides is 1. The molecule has 1 amide bonds. The lowest BCUT2D eigenvalue weighted by Crippen LogP contribution is -2.27. The van der Waals surface area contributed by atoms with Gasteiger partial charge in [-0.3, -0.25) is 14.2 Å². The van der Waals surface area contributed by atoms with E-state index in [9.17, 15) is 9.59 Å². The molecule has 5 nitrogen and oxygen atoms in total. The molecule has 0 fully saturated rings. The average molecular weight is 452 g/mol. The molecule has 0 radical (unpaired) electrons. The zero-order valence-corrected chi connectivity index (χ0v) is 19.3. The zero-order valence-electron chi connectivity index (χ0n) is 17.6. The minimum atomic E-state index is -0.110. The fraction of sp³-hybridized carbons (Fsp3) is 0.292. The van der Waals surface area contributed by atoms with E-state index in [4.69, 9.17) is 4.98 Å². The summed E-state index contributed by atoms with van der Waals surface area (Å²) >= 11 is 2.93. The van der Waals surface area contributed by atoms with E-state index in [2.05, 4.69) is 24.4 Å². The molecule has 1 N–H and O–H groups in total. The van der Waals surface area contributed by atoms with Gasteiger partial charge in [-0.25, -0.2) is 4.98 Å². The molecular formula is C24H25N3O2S2. The molecule has 0 saturated carbocycles. The van der Waals surface area contributed by atoms with Crippen LogP contribution < -0.4 is 10.9 Å². The summed E-state index contributed by atoms with van der Waals surface area (Å²) in [5.74, 6) is 0.0913. The van der Waals surface area contributed by atoms with Crippen LogP contribution in [0.15, 0.2) is 69.4 Å². The van der Waals surface area contributed by atoms with Crippen molar-refractivity contribution < 1.29 is 4.79 Å². The number of aryl methyl sites for hydroxylation is 2. The number of hydrogen-bond donors (Lipinski definition) is 1. The molecule has 160 valence electrons. The second-order valence-electron chi connectivity index (χ2n) is 7.70. The van der Waals surface area contributed by atoms with Gasteiger partial charge in [0.2, 0.25) is 5.91 Å². The SMILES string of the molecule is Cc1ccc(NC(=O)CSc2nc3c(c(=O)n2CCc2ccccc2)SC(C)C3)cc1. The summed E-state index contributed by atoms with van der Waals surface area (Å²) in [7, 11) is 0. The summed E-state index contributed by atoms with van der Waals surface area (Å²) in [5.41, 5.74) is 3.95. The second-order valence-corrected chi connectivity index (χ2v) is 10.1. The predicted molar refractivity (Wildman–Crippen MR) is 128 cm³/mol. The van der Waals surface area contributed by atoms with Crippen LogP contribution in [0.3, 0.4) is 0 Å². The Bertz CT molecular complexity index is 1130. The maximum Gasteiger partial charge on any atom is 0.268 e. The first-order valence-electron chi connectivity index (χ1n) is 10.3. The van der Waals surface area contributed by atoms with Crippen LogP contribution in [-0.4, -0.2) is 26.5 Å². The van der Waals surface area contributed by atoms with Crippen LogP contribution in [0, 0.1) is 6.92 Å². The summed E-state index contributed by atoms with van der Waals surface area (Å²) in [6, 6.07) is 17.8. The summed E-state index contributed by atoms with van der Waals surface area (Å²) in [4.78, 5) is 31.2. The molecule has 1 aliphatic heterocycles. The van der Waals surface area contributed by atoms with Gasteiger partial charge in [-0.1, -0.05) is 66.7 Å². The highest BCUT2D eigenvalue weighted by Crippen LogP contribution is 2.34. The number of thioether (sulfide) groups is 2. The first kappa shape index (κ1) is 21.7. The molecule has 7 heteroatoms. The standard InChI is InChI=1S/C24H25N3O2S2/c1-16-8-10-19(11-9-16)25-21(28)15-30-24-26-20-14-17(2)31-22(20)23(29)27(24)13-12-18-6-4-3-5-7-18/h3-11,17H,12-15H2,1-2H3,(H,25,28). The number of fused-ring (bicyclic) bond motifs is 1. The molecule has 1 unspecified atom stereocenters. The molecule has 1 aliphatic rings. The first-order valence-corrected chi connectivity index (χ1v) is 12.2. The second kappa shape index (κ2) is 9.75. The highest BCUT2D eigenvalue weighted by Gasteiger charge is 2.26. The summed E-state index contributed by atoms with van der Waals surface area (Å²) in [6.07, 6.45) is 1.53. The van der Waals surface area contributed by atoms with Crippen LogP contribution in [0.1, 0.15) is 23.7 Å². The third kappa shape index (κ3) is 5.40. The Hall–Kier alpha value is -2.51. The van der Waals surface area contributed by atoms with Gasteiger partial charge < -0.3 is 5.32 Å². The summed E-state index contributed by atoms with van der Waals surface area (Å²) < 4.78 is 1.74. The van der Waals surface area contributed by atoms with Crippen LogP contribution in [0.5, 0.6) is 0 Å². The highest BCUT2D eigenvalue weighted by atomic mass is 32.2. The number of carbonyl (C=O) groups excluding carboxylic acids is 1. The van der Waals surface area contributed by atoms with Crippen molar-refractivity contribution in [3.63, 3.8) is 0 Å². The molecule has 1 aromatic heterocycles. The number of carbonyl (C=O) groups is 1. The van der Waals surface area contributed by atoms with E-state index in [0.717, 1.165) is 34.7 Å². The fourth-order valence-corrected chi connectivity index (χ4v) is 5.45. The van der Waals surface area contributed by atoms with Crippen molar-refractivity contribution >= 4 is 35.1 Å². The predicted octanol–water partition coefficient (Wildman–Crippen LogP) is 4.56. The van der Waals surface area contributed by atoms with Crippen LogP contribution in [-0.2, 0) is 24.2 Å². The van der Waals surface area contributed by atoms with Gasteiger partial charge in [-0.2, -0.15) is 0 Å². The average Bonchev–Trinajstić information content (AvgIpc) is 3.14. The highest BCUT2D eigenvalue weighted by molar-refractivity contribution is 8.00. The quantitative estimate of drug-likeness (QED) is 0.421. The van der Waals surface area contributed by atoms with Crippen LogP contribution in [0.25, 0.3) is 0 Å². The normalized spacial score (nSPS) is 15.0. The lowest BCUT2D eigenvalue weighted by molar-refractivity contribution is -0.113. The minimum Gasteiger partial charge on any atom is -0.325 e. The Balaban J connectivity index is 1.51. The zero-order chi connectivity index (χ0) is 21.8. The van der Waals surface area contributed by atoms with Gasteiger partial charge in [0, 0.05) is 23.9 Å². The molecule has 31 heavy (non-hydrogen) atoms. The monoisotopic (exact) mass is 451 g/mol. The lowest BCUT2D eigenvalue weighted by atomic mass is 10.1. The molecule has 0 saturated heterocycles. The van der Waals surface area contributed by atoms with Gasteiger partial charge in [0.1, 0.15) is 0 Å². The number of rotatable bonds is 7. The molecular weight excluding hydrogens is 426 g/mol. The van der Waals surface area contributed by atoms with Gasteiger partial charge in [-0.05, 0) is 31.0 Å². The Morgan fingerprint density at radius 1 is 1.19 bits per heavy atom. The molecule has 1 atom stereocenters. The van der Waals surface area contributed by atoms with Crippen molar-refractivity contribution in [2.24, 2.45) is 0 Å². The van der Waals surface area contributed by atoms with Gasteiger partial charge in [0.05, 0.1) is 16.3 Å². The minimum absolute atomic E-state index is 0.0109. The van der Waals surface area contributed by atoms with E-state index < -0.39 is 0 Å². The van der Waals surface area contributed by atoms with Gasteiger partial charge in [-0.15, -0.1) is 11.8 Å². The molecule has 0 aliphatic carbocycles. The molecule has 4 rings (SSSR count). The van der Waals surface area contributed by atoms with E-state index in [1.54, 1.807) is 16.3 Å². The Morgan fingerprint density at radius 2 is 1.94 bits per heavy atom. The van der Waals surface area contributed by atoms with Crippen molar-refractivity contribution in [1.29, 1.82) is 0 Å². The van der Waals surface area contributed by atoms with Crippen molar-refractivity contribution in [3.8, 4) is 0 Å². The molecule has 3 aromatic rings. The maximum atomic E-state index is 13.2. The van der Waals surface area contributed by atoms with E-state index >= 15 is 0 Å². The lowest BCUT2D eigenvalue weighted by Gasteiger charge is -2.14. The summed E-state index contributed by atoms with van der Waals surface area (Å²) in [5, 5.41) is 3.88. The van der Waals surface area contributed by atoms with Gasteiger partial charge >= 0.3 is 0 Å². The number of anilines is 1. The maximum absolute atomic E-state index is 13.2. The Labute approximate surface area is 190 Å². The third-order valence-electron chi connectivity index (χ3n) is 5.10. The fourth-order valence-electron chi connectivity index (χ4n) is 3.49. The third-order valence-corrected chi connectivity index (χ3v) is 7.29. The van der Waals surface area contributed by atoms with Crippen molar-refractivity contribution in [1.82, 2.24) is 9.55 Å². The first-order chi connectivity index (χ1) is 15.0. The Morgan fingerprint density at radius 3 is 2.68 bits per heavy atom. The van der Waals surface area contributed by atoms with Crippen molar-refractivity contribution in [3.05, 3.63) is 81.8 Å². The van der Waals surface area contributed by atoms with E-state index in [1.165, 1.54) is 17.3 Å². The summed E-state index contributed by atoms with van der Waals surface area (Å²) in [6.45, 7) is 4.66. The van der Waals surface area contributed by atoms with Crippen LogP contribution in [0.4, 0.5) is 5.69 Å². The van der Waals surface area contributed by atoms with Gasteiger partial charge in [0.15, 0.2) is 5.16 Å².